The van der Waals surface area contributed by atoms with Crippen molar-refractivity contribution in [2.75, 3.05) is 33.3 Å². The average Bonchev–Trinajstić information content (AvgIpc) is 3.10. The van der Waals surface area contributed by atoms with Crippen LogP contribution in [0.25, 0.3) is 0 Å². The van der Waals surface area contributed by atoms with Crippen LogP contribution in [0, 0.1) is 5.92 Å². The fourth-order valence-electron chi connectivity index (χ4n) is 4.28. The standard InChI is InChI=1S/C20H27N3OS/c1-22-8-4-18(13-24-12-17-2-6-21-7-3-17)10-20(22)15-23(16-20)11-19-5-9-25-14-19/h2-3,5-7,9,14,18H,4,8,10-13,15-16H2,1H3. The Balaban J connectivity index is 1.26. The predicted molar refractivity (Wildman–Crippen MR) is 102 cm³/mol. The molecular weight excluding hydrogens is 330 g/mol. The van der Waals surface area contributed by atoms with Gasteiger partial charge in [-0.3, -0.25) is 14.8 Å². The van der Waals surface area contributed by atoms with Crippen molar-refractivity contribution in [1.82, 2.24) is 14.8 Å². The summed E-state index contributed by atoms with van der Waals surface area (Å²) in [6.07, 6.45) is 6.18. The molecule has 2 aromatic rings. The summed E-state index contributed by atoms with van der Waals surface area (Å²) in [6.45, 7) is 6.26. The van der Waals surface area contributed by atoms with Crippen molar-refractivity contribution in [1.29, 1.82) is 0 Å². The summed E-state index contributed by atoms with van der Waals surface area (Å²) in [4.78, 5) is 9.23. The Bertz CT molecular complexity index is 655. The van der Waals surface area contributed by atoms with E-state index in [2.05, 4.69) is 38.7 Å². The van der Waals surface area contributed by atoms with Crippen molar-refractivity contribution >= 4 is 11.3 Å². The second-order valence-corrected chi connectivity index (χ2v) is 8.43. The zero-order valence-corrected chi connectivity index (χ0v) is 15.8. The lowest BCUT2D eigenvalue weighted by atomic mass is 9.75. The van der Waals surface area contributed by atoms with Crippen molar-refractivity contribution in [3.63, 3.8) is 0 Å². The van der Waals surface area contributed by atoms with Gasteiger partial charge < -0.3 is 4.74 Å². The molecule has 4 rings (SSSR count). The third-order valence-corrected chi connectivity index (χ3v) is 6.48. The van der Waals surface area contributed by atoms with Gasteiger partial charge >= 0.3 is 0 Å². The smallest absolute Gasteiger partial charge is 0.0718 e. The van der Waals surface area contributed by atoms with Crippen LogP contribution in [-0.2, 0) is 17.9 Å². The Hall–Kier alpha value is -1.27. The van der Waals surface area contributed by atoms with Gasteiger partial charge in [-0.2, -0.15) is 11.3 Å². The van der Waals surface area contributed by atoms with E-state index in [9.17, 15) is 0 Å². The molecular formula is C20H27N3OS. The van der Waals surface area contributed by atoms with Gasteiger partial charge in [-0.05, 0) is 72.4 Å². The quantitative estimate of drug-likeness (QED) is 0.793. The molecule has 1 unspecified atom stereocenters. The number of likely N-dealkylation sites (N-methyl/N-ethyl adjacent to an activating group) is 1. The lowest BCUT2D eigenvalue weighted by molar-refractivity contribution is -0.0935. The summed E-state index contributed by atoms with van der Waals surface area (Å²) in [5.74, 6) is 0.682. The number of hydrogen-bond donors (Lipinski definition) is 0. The van der Waals surface area contributed by atoms with Crippen LogP contribution in [-0.4, -0.2) is 53.6 Å². The van der Waals surface area contributed by atoms with E-state index in [-0.39, 0.29) is 0 Å². The zero-order chi connectivity index (χ0) is 17.1. The molecule has 0 N–H and O–H groups in total. The molecule has 0 aromatic carbocycles. The van der Waals surface area contributed by atoms with E-state index in [1.807, 2.05) is 24.5 Å². The Morgan fingerprint density at radius 3 is 2.84 bits per heavy atom. The zero-order valence-electron chi connectivity index (χ0n) is 14.9. The molecule has 25 heavy (non-hydrogen) atoms. The van der Waals surface area contributed by atoms with E-state index in [4.69, 9.17) is 4.74 Å². The van der Waals surface area contributed by atoms with Gasteiger partial charge in [0.1, 0.15) is 0 Å². The minimum absolute atomic E-state index is 0.374. The number of piperidine rings is 1. The second kappa shape index (κ2) is 7.54. The van der Waals surface area contributed by atoms with Gasteiger partial charge in [-0.1, -0.05) is 0 Å². The van der Waals surface area contributed by atoms with Gasteiger partial charge in [0.2, 0.25) is 0 Å². The molecule has 2 saturated heterocycles. The number of thiophene rings is 1. The summed E-state index contributed by atoms with van der Waals surface area (Å²) < 4.78 is 6.01. The minimum atomic E-state index is 0.374. The van der Waals surface area contributed by atoms with E-state index in [0.717, 1.165) is 13.2 Å². The molecule has 2 fully saturated rings. The monoisotopic (exact) mass is 357 g/mol. The summed E-state index contributed by atoms with van der Waals surface area (Å²) in [6, 6.07) is 6.31. The Labute approximate surface area is 154 Å². The first-order valence-corrected chi connectivity index (χ1v) is 10.1. The molecule has 4 heterocycles. The van der Waals surface area contributed by atoms with Gasteiger partial charge in [0.05, 0.1) is 6.61 Å². The van der Waals surface area contributed by atoms with Crippen LogP contribution in [0.15, 0.2) is 41.4 Å². The van der Waals surface area contributed by atoms with E-state index in [1.54, 1.807) is 11.3 Å². The number of aromatic nitrogens is 1. The van der Waals surface area contributed by atoms with Crippen LogP contribution in [0.4, 0.5) is 0 Å². The van der Waals surface area contributed by atoms with Crippen LogP contribution in [0.3, 0.4) is 0 Å². The number of likely N-dealkylation sites (tertiary alicyclic amines) is 2. The normalized spacial score (nSPS) is 23.6. The van der Waals surface area contributed by atoms with Gasteiger partial charge in [-0.25, -0.2) is 0 Å². The maximum Gasteiger partial charge on any atom is 0.0718 e. The van der Waals surface area contributed by atoms with Crippen molar-refractivity contribution in [3.05, 3.63) is 52.5 Å². The lowest BCUT2D eigenvalue weighted by Crippen LogP contribution is -2.71. The molecule has 2 aliphatic heterocycles. The SMILES string of the molecule is CN1CCC(COCc2ccncc2)CC12CN(Cc1ccsc1)C2. The van der Waals surface area contributed by atoms with Crippen molar-refractivity contribution in [2.24, 2.45) is 5.92 Å². The third kappa shape index (κ3) is 3.95. The highest BCUT2D eigenvalue weighted by atomic mass is 32.1. The van der Waals surface area contributed by atoms with Crippen molar-refractivity contribution < 1.29 is 4.74 Å². The second-order valence-electron chi connectivity index (χ2n) is 7.65. The van der Waals surface area contributed by atoms with E-state index in [1.165, 1.54) is 43.6 Å². The van der Waals surface area contributed by atoms with Crippen molar-refractivity contribution in [3.8, 4) is 0 Å². The molecule has 0 saturated carbocycles. The van der Waals surface area contributed by atoms with Crippen molar-refractivity contribution in [2.45, 2.75) is 31.5 Å². The van der Waals surface area contributed by atoms with E-state index in [0.29, 0.717) is 18.1 Å². The molecule has 134 valence electrons. The van der Waals surface area contributed by atoms with E-state index >= 15 is 0 Å². The first-order valence-electron chi connectivity index (χ1n) is 9.15. The average molecular weight is 358 g/mol. The highest BCUT2D eigenvalue weighted by molar-refractivity contribution is 7.07. The maximum atomic E-state index is 6.01. The number of pyridine rings is 1. The van der Waals surface area contributed by atoms with Crippen LogP contribution >= 0.6 is 11.3 Å². The highest BCUT2D eigenvalue weighted by Crippen LogP contribution is 2.39. The molecule has 0 radical (unpaired) electrons. The van der Waals surface area contributed by atoms with Crippen LogP contribution in [0.2, 0.25) is 0 Å². The summed E-state index contributed by atoms with van der Waals surface area (Å²) >= 11 is 1.79. The Morgan fingerprint density at radius 1 is 1.24 bits per heavy atom. The van der Waals surface area contributed by atoms with Gasteiger partial charge in [0.25, 0.3) is 0 Å². The topological polar surface area (TPSA) is 28.6 Å². The summed E-state index contributed by atoms with van der Waals surface area (Å²) in [7, 11) is 2.30. The first kappa shape index (κ1) is 17.2. The molecule has 4 nitrogen and oxygen atoms in total. The molecule has 1 atom stereocenters. The predicted octanol–water partition coefficient (Wildman–Crippen LogP) is 3.26. The fourth-order valence-corrected chi connectivity index (χ4v) is 4.94. The third-order valence-electron chi connectivity index (χ3n) is 5.74. The molecule has 5 heteroatoms. The molecule has 0 bridgehead atoms. The first-order chi connectivity index (χ1) is 12.2. The van der Waals surface area contributed by atoms with Gasteiger partial charge in [-0.15, -0.1) is 0 Å². The molecule has 0 aliphatic carbocycles. The molecule has 2 aromatic heterocycles. The van der Waals surface area contributed by atoms with Crippen LogP contribution < -0.4 is 0 Å². The summed E-state index contributed by atoms with van der Waals surface area (Å²) in [5, 5.41) is 4.44. The van der Waals surface area contributed by atoms with Crippen LogP contribution in [0.1, 0.15) is 24.0 Å². The molecule has 1 spiro atoms. The largest absolute Gasteiger partial charge is 0.376 e. The minimum Gasteiger partial charge on any atom is -0.376 e. The number of hydrogen-bond acceptors (Lipinski definition) is 5. The lowest BCUT2D eigenvalue weighted by Gasteiger charge is -2.58. The maximum absolute atomic E-state index is 6.01. The van der Waals surface area contributed by atoms with Gasteiger partial charge in [0, 0.05) is 44.2 Å². The Kier molecular flexibility index (Phi) is 5.17. The molecule has 2 aliphatic rings. The van der Waals surface area contributed by atoms with Crippen LogP contribution in [0.5, 0.6) is 0 Å². The number of rotatable bonds is 6. The number of nitrogens with zero attached hydrogens (tertiary/aromatic N) is 3. The fraction of sp³-hybridized carbons (Fsp3) is 0.550. The molecule has 0 amide bonds. The number of ether oxygens (including phenoxy) is 1. The van der Waals surface area contributed by atoms with E-state index < -0.39 is 0 Å². The highest BCUT2D eigenvalue weighted by Gasteiger charge is 2.49. The Morgan fingerprint density at radius 2 is 2.08 bits per heavy atom. The van der Waals surface area contributed by atoms with Gasteiger partial charge in [0.15, 0.2) is 0 Å². The summed E-state index contributed by atoms with van der Waals surface area (Å²) in [5.41, 5.74) is 3.04.